The quantitative estimate of drug-likeness (QED) is 0.390. The van der Waals surface area contributed by atoms with E-state index >= 15 is 0 Å². The number of anilines is 1. The van der Waals surface area contributed by atoms with E-state index in [1.165, 1.54) is 4.90 Å². The molecule has 2 aliphatic heterocycles. The average molecular weight is 482 g/mol. The number of para-hydroxylation sites is 1. The largest absolute Gasteiger partial charge is 0.324 e. The molecule has 8 heteroatoms. The zero-order valence-electron chi connectivity index (χ0n) is 19.3. The molecular weight excluding hydrogens is 458 g/mol. The van der Waals surface area contributed by atoms with Crippen LogP contribution < -0.4 is 5.32 Å². The second-order valence-electron chi connectivity index (χ2n) is 8.70. The van der Waals surface area contributed by atoms with Crippen molar-refractivity contribution in [3.8, 4) is 0 Å². The Kier molecular flexibility index (Phi) is 6.16. The highest BCUT2D eigenvalue weighted by molar-refractivity contribution is 6.23. The van der Waals surface area contributed by atoms with E-state index < -0.39 is 23.8 Å². The lowest BCUT2D eigenvalue weighted by atomic mass is 10.1. The molecular formula is C28H23N3O5. The predicted octanol–water partition coefficient (Wildman–Crippen LogP) is 3.76. The van der Waals surface area contributed by atoms with Gasteiger partial charge in [-0.05, 0) is 55.7 Å². The Morgan fingerprint density at radius 2 is 1.11 bits per heavy atom. The molecule has 3 aromatic carbocycles. The van der Waals surface area contributed by atoms with E-state index in [0.717, 1.165) is 4.90 Å². The molecule has 0 saturated heterocycles. The number of amides is 5. The molecule has 1 N–H and O–H groups in total. The second-order valence-corrected chi connectivity index (χ2v) is 8.70. The maximum Gasteiger partial charge on any atom is 0.262 e. The number of carbonyl (C=O) groups is 5. The van der Waals surface area contributed by atoms with Crippen molar-refractivity contribution in [1.82, 2.24) is 9.80 Å². The van der Waals surface area contributed by atoms with Gasteiger partial charge in [0, 0.05) is 12.2 Å². The molecule has 36 heavy (non-hydrogen) atoms. The normalized spacial score (nSPS) is 15.2. The van der Waals surface area contributed by atoms with Gasteiger partial charge in [0.05, 0.1) is 22.3 Å². The summed E-state index contributed by atoms with van der Waals surface area (Å²) in [5, 5.41) is 2.79. The summed E-state index contributed by atoms with van der Waals surface area (Å²) in [7, 11) is 0. The molecule has 1 atom stereocenters. The van der Waals surface area contributed by atoms with E-state index in [1.807, 2.05) is 6.07 Å². The molecule has 0 fully saturated rings. The van der Waals surface area contributed by atoms with E-state index in [1.54, 1.807) is 72.8 Å². The summed E-state index contributed by atoms with van der Waals surface area (Å²) in [6, 6.07) is 20.9. The molecule has 2 heterocycles. The molecule has 0 spiro atoms. The first-order valence-electron chi connectivity index (χ1n) is 11.8. The lowest BCUT2D eigenvalue weighted by Gasteiger charge is -2.25. The molecule has 0 radical (unpaired) electrons. The van der Waals surface area contributed by atoms with Gasteiger partial charge in [0.1, 0.15) is 6.04 Å². The molecule has 0 saturated carbocycles. The van der Waals surface area contributed by atoms with Crippen molar-refractivity contribution in [3.05, 3.63) is 101 Å². The molecule has 2 aliphatic rings. The molecule has 5 amide bonds. The fraction of sp³-hybridized carbons (Fsp3) is 0.179. The van der Waals surface area contributed by atoms with Gasteiger partial charge in [-0.2, -0.15) is 0 Å². The van der Waals surface area contributed by atoms with Crippen molar-refractivity contribution < 1.29 is 24.0 Å². The zero-order chi connectivity index (χ0) is 25.2. The molecule has 3 aromatic rings. The summed E-state index contributed by atoms with van der Waals surface area (Å²) in [5.74, 6) is -2.17. The van der Waals surface area contributed by atoms with Crippen LogP contribution in [-0.4, -0.2) is 51.9 Å². The summed E-state index contributed by atoms with van der Waals surface area (Å²) in [6.07, 6.45) is 1.02. The van der Waals surface area contributed by atoms with Gasteiger partial charge in [-0.1, -0.05) is 42.5 Å². The van der Waals surface area contributed by atoms with Crippen LogP contribution in [0.2, 0.25) is 0 Å². The van der Waals surface area contributed by atoms with Crippen LogP contribution in [0.1, 0.15) is 60.7 Å². The third-order valence-corrected chi connectivity index (χ3v) is 6.47. The third-order valence-electron chi connectivity index (χ3n) is 6.47. The lowest BCUT2D eigenvalue weighted by molar-refractivity contribution is -0.120. The van der Waals surface area contributed by atoms with Crippen LogP contribution in [0.15, 0.2) is 78.9 Å². The van der Waals surface area contributed by atoms with Gasteiger partial charge in [0.15, 0.2) is 0 Å². The highest BCUT2D eigenvalue weighted by atomic mass is 16.2. The number of hydrogen-bond acceptors (Lipinski definition) is 5. The molecule has 8 nitrogen and oxygen atoms in total. The number of fused-ring (bicyclic) bond motifs is 2. The molecule has 0 unspecified atom stereocenters. The fourth-order valence-corrected chi connectivity index (χ4v) is 4.67. The molecule has 0 aromatic heterocycles. The van der Waals surface area contributed by atoms with Gasteiger partial charge in [0.25, 0.3) is 23.6 Å². The summed E-state index contributed by atoms with van der Waals surface area (Å²) in [4.78, 5) is 66.9. The molecule has 180 valence electrons. The van der Waals surface area contributed by atoms with Crippen molar-refractivity contribution in [1.29, 1.82) is 0 Å². The first-order chi connectivity index (χ1) is 17.5. The first kappa shape index (κ1) is 23.2. The SMILES string of the molecule is O=C(Nc1ccccc1)[C@@H](CCCCN1C(=O)c2ccccc2C1=O)N1C(=O)c2ccccc2C1=O. The topological polar surface area (TPSA) is 104 Å². The van der Waals surface area contributed by atoms with Gasteiger partial charge >= 0.3 is 0 Å². The first-order valence-corrected chi connectivity index (χ1v) is 11.8. The highest BCUT2D eigenvalue weighted by Crippen LogP contribution is 2.28. The Bertz CT molecular complexity index is 1310. The second kappa shape index (κ2) is 9.58. The fourth-order valence-electron chi connectivity index (χ4n) is 4.67. The predicted molar refractivity (Wildman–Crippen MR) is 131 cm³/mol. The summed E-state index contributed by atoms with van der Waals surface area (Å²) in [5.41, 5.74) is 1.86. The van der Waals surface area contributed by atoms with Crippen LogP contribution in [0.25, 0.3) is 0 Å². The van der Waals surface area contributed by atoms with Gasteiger partial charge in [-0.25, -0.2) is 0 Å². The van der Waals surface area contributed by atoms with Crippen LogP contribution in [-0.2, 0) is 4.79 Å². The van der Waals surface area contributed by atoms with Gasteiger partial charge in [-0.3, -0.25) is 33.8 Å². The Labute approximate surface area is 207 Å². The minimum Gasteiger partial charge on any atom is -0.324 e. The van der Waals surface area contributed by atoms with Crippen LogP contribution in [0.4, 0.5) is 5.69 Å². The molecule has 0 aliphatic carbocycles. The van der Waals surface area contributed by atoms with Crippen LogP contribution in [0, 0.1) is 0 Å². The van der Waals surface area contributed by atoms with Crippen molar-refractivity contribution in [2.45, 2.75) is 25.3 Å². The number of nitrogens with zero attached hydrogens (tertiary/aromatic N) is 2. The van der Waals surface area contributed by atoms with E-state index in [2.05, 4.69) is 5.32 Å². The summed E-state index contributed by atoms with van der Waals surface area (Å²) < 4.78 is 0. The van der Waals surface area contributed by atoms with Crippen molar-refractivity contribution >= 4 is 35.2 Å². The van der Waals surface area contributed by atoms with Crippen molar-refractivity contribution in [2.75, 3.05) is 11.9 Å². The summed E-state index contributed by atoms with van der Waals surface area (Å²) in [6.45, 7) is 0.182. The van der Waals surface area contributed by atoms with Crippen molar-refractivity contribution in [3.63, 3.8) is 0 Å². The van der Waals surface area contributed by atoms with E-state index in [-0.39, 0.29) is 35.9 Å². The van der Waals surface area contributed by atoms with Crippen molar-refractivity contribution in [2.24, 2.45) is 0 Å². The maximum absolute atomic E-state index is 13.3. The van der Waals surface area contributed by atoms with Crippen LogP contribution in [0.3, 0.4) is 0 Å². The third kappa shape index (κ3) is 4.07. The lowest BCUT2D eigenvalue weighted by Crippen LogP contribution is -2.47. The Morgan fingerprint density at radius 3 is 1.64 bits per heavy atom. The van der Waals surface area contributed by atoms with E-state index in [4.69, 9.17) is 0 Å². The minimum atomic E-state index is -1.04. The Hall–Kier alpha value is -4.59. The van der Waals surface area contributed by atoms with Crippen LogP contribution in [0.5, 0.6) is 0 Å². The molecule has 0 bridgehead atoms. The smallest absolute Gasteiger partial charge is 0.262 e. The minimum absolute atomic E-state index is 0.182. The number of rotatable bonds is 8. The number of carbonyl (C=O) groups excluding carboxylic acids is 5. The molecule has 5 rings (SSSR count). The zero-order valence-corrected chi connectivity index (χ0v) is 19.3. The standard InChI is InChI=1S/C28H23N3O5/c32-24(29-18-10-2-1-3-11-18)23(31-27(35)21-14-6-7-15-22(21)28(31)36)16-8-9-17-30-25(33)19-12-4-5-13-20(19)26(30)34/h1-7,10-15,23H,8-9,16-17H2,(H,29,32)/t23-/m1/s1. The highest BCUT2D eigenvalue weighted by Gasteiger charge is 2.42. The number of benzene rings is 3. The number of nitrogens with one attached hydrogen (secondary N) is 1. The monoisotopic (exact) mass is 481 g/mol. The van der Waals surface area contributed by atoms with E-state index in [9.17, 15) is 24.0 Å². The summed E-state index contributed by atoms with van der Waals surface area (Å²) >= 11 is 0. The number of hydrogen-bond donors (Lipinski definition) is 1. The van der Waals surface area contributed by atoms with Gasteiger partial charge in [0.2, 0.25) is 5.91 Å². The average Bonchev–Trinajstić information content (AvgIpc) is 3.30. The maximum atomic E-state index is 13.3. The Balaban J connectivity index is 1.30. The van der Waals surface area contributed by atoms with E-state index in [0.29, 0.717) is 29.7 Å². The number of unbranched alkanes of at least 4 members (excludes halogenated alkanes) is 1. The van der Waals surface area contributed by atoms with Gasteiger partial charge < -0.3 is 5.32 Å². The Morgan fingerprint density at radius 1 is 0.639 bits per heavy atom. The van der Waals surface area contributed by atoms with Crippen LogP contribution >= 0.6 is 0 Å². The number of imide groups is 2. The van der Waals surface area contributed by atoms with Gasteiger partial charge in [-0.15, -0.1) is 0 Å².